The molecule has 0 fully saturated rings. The van der Waals surface area contributed by atoms with Crippen molar-refractivity contribution >= 4 is 5.91 Å². The van der Waals surface area contributed by atoms with Crippen LogP contribution in [0.5, 0.6) is 0 Å². The largest absolute Gasteiger partial charge is 0.345 e. The molecular formula is C10H14N4O. The van der Waals surface area contributed by atoms with E-state index >= 15 is 0 Å². The molecule has 0 aliphatic rings. The fourth-order valence-electron chi connectivity index (χ4n) is 1.19. The highest BCUT2D eigenvalue weighted by molar-refractivity contribution is 5.75. The Balaban J connectivity index is 2.50. The average Bonchev–Trinajstić information content (AvgIpc) is 2.63. The Labute approximate surface area is 88.5 Å². The van der Waals surface area contributed by atoms with Crippen molar-refractivity contribution in [2.75, 3.05) is 6.54 Å². The van der Waals surface area contributed by atoms with Crippen LogP contribution >= 0.6 is 0 Å². The second kappa shape index (κ2) is 5.17. The van der Waals surface area contributed by atoms with Gasteiger partial charge in [-0.3, -0.25) is 4.79 Å². The topological polar surface area (TPSA) is 83.8 Å². The van der Waals surface area contributed by atoms with Gasteiger partial charge in [-0.2, -0.15) is 5.26 Å². The lowest BCUT2D eigenvalue weighted by Crippen LogP contribution is -2.27. The molecule has 1 atom stereocenters. The van der Waals surface area contributed by atoms with Crippen LogP contribution in [0.15, 0.2) is 18.5 Å². The number of amides is 1. The first kappa shape index (κ1) is 11.3. The van der Waals surface area contributed by atoms with Crippen LogP contribution in [-0.2, 0) is 11.3 Å². The van der Waals surface area contributed by atoms with Gasteiger partial charge in [0.05, 0.1) is 6.07 Å². The van der Waals surface area contributed by atoms with Crippen LogP contribution in [0.25, 0.3) is 0 Å². The van der Waals surface area contributed by atoms with E-state index in [-0.39, 0.29) is 25.0 Å². The van der Waals surface area contributed by atoms with Gasteiger partial charge < -0.3 is 15.6 Å². The molecule has 5 heteroatoms. The van der Waals surface area contributed by atoms with Gasteiger partial charge in [0, 0.05) is 18.4 Å². The lowest BCUT2D eigenvalue weighted by molar-refractivity contribution is -0.121. The third kappa shape index (κ3) is 3.44. The van der Waals surface area contributed by atoms with Gasteiger partial charge >= 0.3 is 0 Å². The monoisotopic (exact) mass is 206 g/mol. The molecule has 1 aromatic rings. The number of nitriles is 1. The molecule has 0 spiro atoms. The molecule has 0 aliphatic heterocycles. The number of hydrogen-bond acceptors (Lipinski definition) is 3. The van der Waals surface area contributed by atoms with E-state index in [9.17, 15) is 4.79 Å². The molecule has 0 bridgehead atoms. The summed E-state index contributed by atoms with van der Waals surface area (Å²) < 4.78 is 1.74. The lowest BCUT2D eigenvalue weighted by Gasteiger charge is -2.03. The summed E-state index contributed by atoms with van der Waals surface area (Å²) >= 11 is 0. The van der Waals surface area contributed by atoms with Crippen molar-refractivity contribution in [2.24, 2.45) is 5.73 Å². The number of carbonyl (C=O) groups excluding carboxylic acids is 1. The highest BCUT2D eigenvalue weighted by Crippen LogP contribution is 2.09. The highest BCUT2D eigenvalue weighted by Gasteiger charge is 2.04. The predicted octanol–water partition coefficient (Wildman–Crippen LogP) is 0.148. The number of hydrogen-bond donors (Lipinski definition) is 2. The lowest BCUT2D eigenvalue weighted by atomic mass is 10.2. The van der Waals surface area contributed by atoms with Crippen LogP contribution in [0.4, 0.5) is 0 Å². The van der Waals surface area contributed by atoms with E-state index in [0.717, 1.165) is 5.56 Å². The van der Waals surface area contributed by atoms with Crippen LogP contribution in [0.1, 0.15) is 18.5 Å². The molecule has 5 nitrogen and oxygen atoms in total. The second-order valence-corrected chi connectivity index (χ2v) is 3.34. The number of nitrogens with two attached hydrogens (primary N) is 1. The quantitative estimate of drug-likeness (QED) is 0.688. The summed E-state index contributed by atoms with van der Waals surface area (Å²) in [5, 5.41) is 10.7. The van der Waals surface area contributed by atoms with Crippen molar-refractivity contribution < 1.29 is 4.79 Å². The molecule has 80 valence electrons. The molecule has 1 amide bonds. The molecule has 3 N–H and O–H groups in total. The fraction of sp³-hybridized carbons (Fsp3) is 0.400. The molecule has 1 heterocycles. The summed E-state index contributed by atoms with van der Waals surface area (Å²) in [5.74, 6) is -0.177. The molecule has 1 rings (SSSR count). The zero-order valence-corrected chi connectivity index (χ0v) is 8.60. The zero-order valence-electron chi connectivity index (χ0n) is 8.60. The average molecular weight is 206 g/mol. The maximum atomic E-state index is 11.2. The van der Waals surface area contributed by atoms with E-state index in [1.807, 2.05) is 25.3 Å². The minimum atomic E-state index is -0.177. The van der Waals surface area contributed by atoms with E-state index in [0.29, 0.717) is 0 Å². The fourth-order valence-corrected chi connectivity index (χ4v) is 1.19. The van der Waals surface area contributed by atoms with Crippen molar-refractivity contribution in [2.45, 2.75) is 19.5 Å². The Morgan fingerprint density at radius 2 is 2.53 bits per heavy atom. The number of rotatable bonds is 4. The zero-order chi connectivity index (χ0) is 11.3. The van der Waals surface area contributed by atoms with Gasteiger partial charge in [-0.1, -0.05) is 0 Å². The Morgan fingerprint density at radius 3 is 3.07 bits per heavy atom. The highest BCUT2D eigenvalue weighted by atomic mass is 16.1. The van der Waals surface area contributed by atoms with Crippen molar-refractivity contribution in [3.05, 3.63) is 24.0 Å². The standard InChI is InChI=1S/C10H14N4O/c1-8(12)9-2-5-14(6-9)7-10(15)13-4-3-11/h2,5-6,8H,4,7,12H2,1H3,(H,13,15). The normalized spacial score (nSPS) is 11.8. The van der Waals surface area contributed by atoms with Gasteiger partial charge in [0.25, 0.3) is 0 Å². The second-order valence-electron chi connectivity index (χ2n) is 3.34. The first-order valence-electron chi connectivity index (χ1n) is 4.68. The SMILES string of the molecule is CC(N)c1ccn(CC(=O)NCC#N)c1. The Bertz CT molecular complexity index is 375. The minimum Gasteiger partial charge on any atom is -0.345 e. The molecule has 0 saturated carbocycles. The van der Waals surface area contributed by atoms with Gasteiger partial charge in [0.1, 0.15) is 13.1 Å². The van der Waals surface area contributed by atoms with Crippen molar-refractivity contribution in [3.63, 3.8) is 0 Å². The summed E-state index contributed by atoms with van der Waals surface area (Å²) in [7, 11) is 0. The maximum absolute atomic E-state index is 11.2. The van der Waals surface area contributed by atoms with Crippen molar-refractivity contribution in [3.8, 4) is 6.07 Å². The predicted molar refractivity (Wildman–Crippen MR) is 55.7 cm³/mol. The third-order valence-electron chi connectivity index (χ3n) is 1.99. The molecule has 0 aliphatic carbocycles. The molecule has 1 unspecified atom stereocenters. The van der Waals surface area contributed by atoms with E-state index in [4.69, 9.17) is 11.0 Å². The summed E-state index contributed by atoms with van der Waals surface area (Å²) in [6.45, 7) is 2.14. The van der Waals surface area contributed by atoms with E-state index < -0.39 is 0 Å². The first-order valence-corrected chi connectivity index (χ1v) is 4.68. The smallest absolute Gasteiger partial charge is 0.240 e. The molecule has 0 aromatic carbocycles. The Hall–Kier alpha value is -1.80. The summed E-state index contributed by atoms with van der Waals surface area (Å²) in [4.78, 5) is 11.2. The van der Waals surface area contributed by atoms with E-state index in [1.165, 1.54) is 0 Å². The maximum Gasteiger partial charge on any atom is 0.240 e. The first-order chi connectivity index (χ1) is 7.13. The Kier molecular flexibility index (Phi) is 3.89. The van der Waals surface area contributed by atoms with Crippen molar-refractivity contribution in [1.82, 2.24) is 9.88 Å². The summed E-state index contributed by atoms with van der Waals surface area (Å²) in [6.07, 6.45) is 3.63. The van der Waals surface area contributed by atoms with E-state index in [1.54, 1.807) is 10.8 Å². The van der Waals surface area contributed by atoms with Crippen LogP contribution in [0.2, 0.25) is 0 Å². The number of aromatic nitrogens is 1. The summed E-state index contributed by atoms with van der Waals surface area (Å²) in [6, 6.07) is 3.69. The summed E-state index contributed by atoms with van der Waals surface area (Å²) in [5.41, 5.74) is 6.67. The van der Waals surface area contributed by atoms with Crippen LogP contribution in [-0.4, -0.2) is 17.0 Å². The molecule has 15 heavy (non-hydrogen) atoms. The third-order valence-corrected chi connectivity index (χ3v) is 1.99. The van der Waals surface area contributed by atoms with Crippen LogP contribution in [0, 0.1) is 11.3 Å². The molecule has 0 saturated heterocycles. The van der Waals surface area contributed by atoms with Crippen LogP contribution < -0.4 is 11.1 Å². The number of carbonyl (C=O) groups is 1. The number of nitrogens with one attached hydrogen (secondary N) is 1. The van der Waals surface area contributed by atoms with Gasteiger partial charge in [-0.25, -0.2) is 0 Å². The van der Waals surface area contributed by atoms with Gasteiger partial charge in [-0.15, -0.1) is 0 Å². The Morgan fingerprint density at radius 1 is 1.80 bits per heavy atom. The molecule has 1 aromatic heterocycles. The minimum absolute atomic E-state index is 0.0339. The van der Waals surface area contributed by atoms with Crippen molar-refractivity contribution in [1.29, 1.82) is 5.26 Å². The molecular weight excluding hydrogens is 192 g/mol. The molecule has 0 radical (unpaired) electrons. The van der Waals surface area contributed by atoms with E-state index in [2.05, 4.69) is 5.32 Å². The van der Waals surface area contributed by atoms with Gasteiger partial charge in [0.15, 0.2) is 0 Å². The van der Waals surface area contributed by atoms with Gasteiger partial charge in [-0.05, 0) is 18.6 Å². The van der Waals surface area contributed by atoms with Gasteiger partial charge in [0.2, 0.25) is 5.91 Å². The number of nitrogens with zero attached hydrogens (tertiary/aromatic N) is 2. The van der Waals surface area contributed by atoms with Crippen LogP contribution in [0.3, 0.4) is 0 Å².